The molecule has 0 aliphatic carbocycles. The van der Waals surface area contributed by atoms with Gasteiger partial charge in [0.15, 0.2) is 6.79 Å². The van der Waals surface area contributed by atoms with Crippen LogP contribution in [0.2, 0.25) is 0 Å². The summed E-state index contributed by atoms with van der Waals surface area (Å²) < 4.78 is 47.0. The van der Waals surface area contributed by atoms with Crippen LogP contribution in [0.25, 0.3) is 11.0 Å². The fourth-order valence-corrected chi connectivity index (χ4v) is 6.18. The number of piperazine rings is 1. The lowest BCUT2D eigenvalue weighted by Crippen LogP contribution is -2.48. The van der Waals surface area contributed by atoms with Gasteiger partial charge >= 0.3 is 0 Å². The first kappa shape index (κ1) is 21.2. The summed E-state index contributed by atoms with van der Waals surface area (Å²) in [6, 6.07) is 7.95. The van der Waals surface area contributed by atoms with Gasteiger partial charge < -0.3 is 9.47 Å². The molecule has 0 N–H and O–H groups in total. The van der Waals surface area contributed by atoms with Crippen molar-refractivity contribution in [2.75, 3.05) is 33.0 Å². The van der Waals surface area contributed by atoms with Crippen molar-refractivity contribution in [3.63, 3.8) is 0 Å². The first-order chi connectivity index (χ1) is 15.4. The second-order valence-corrected chi connectivity index (χ2v) is 9.96. The third-order valence-corrected chi connectivity index (χ3v) is 8.05. The Hall–Kier alpha value is -2.71. The van der Waals surface area contributed by atoms with E-state index in [1.807, 2.05) is 0 Å². The van der Waals surface area contributed by atoms with Crippen LogP contribution in [0.5, 0.6) is 5.75 Å². The average molecular weight is 478 g/mol. The minimum absolute atomic E-state index is 0.0148. The van der Waals surface area contributed by atoms with Gasteiger partial charge in [0.1, 0.15) is 21.7 Å². The maximum absolute atomic E-state index is 13.2. The zero-order valence-corrected chi connectivity index (χ0v) is 18.5. The van der Waals surface area contributed by atoms with E-state index in [1.165, 1.54) is 16.4 Å². The molecule has 1 aromatic heterocycles. The Kier molecular flexibility index (Phi) is 5.51. The van der Waals surface area contributed by atoms with Gasteiger partial charge in [-0.3, -0.25) is 15.0 Å². The zero-order chi connectivity index (χ0) is 22.3. The number of nitro benzene ring substituents is 1. The normalized spacial score (nSPS) is 17.8. The molecule has 3 heterocycles. The Morgan fingerprint density at radius 1 is 1.16 bits per heavy atom. The SMILES string of the molecule is O=[N+]([O-])c1cc2c(c(CN3CCN(S(=O)(=O)c4cccc5nsnc45)CC3)c1)OCOC2. The van der Waals surface area contributed by atoms with Crippen LogP contribution in [0, 0.1) is 10.1 Å². The average Bonchev–Trinajstić information content (AvgIpc) is 3.28. The predicted molar refractivity (Wildman–Crippen MR) is 115 cm³/mol. The van der Waals surface area contributed by atoms with Crippen molar-refractivity contribution in [3.8, 4) is 5.75 Å². The van der Waals surface area contributed by atoms with Crippen molar-refractivity contribution < 1.29 is 22.8 Å². The molecule has 0 unspecified atom stereocenters. The molecule has 2 aliphatic rings. The Morgan fingerprint density at radius 3 is 2.75 bits per heavy atom. The molecule has 2 aliphatic heterocycles. The van der Waals surface area contributed by atoms with Crippen LogP contribution in [0.1, 0.15) is 11.1 Å². The fraction of sp³-hybridized carbons (Fsp3) is 0.368. The number of hydrogen-bond donors (Lipinski definition) is 0. The molecule has 0 radical (unpaired) electrons. The van der Waals surface area contributed by atoms with Crippen LogP contribution < -0.4 is 4.74 Å². The highest BCUT2D eigenvalue weighted by Crippen LogP contribution is 2.34. The summed E-state index contributed by atoms with van der Waals surface area (Å²) in [6.45, 7) is 2.35. The number of hydrogen-bond acceptors (Lipinski definition) is 10. The Balaban J connectivity index is 1.33. The molecule has 11 nitrogen and oxygen atoms in total. The van der Waals surface area contributed by atoms with Gasteiger partial charge in [0.25, 0.3) is 5.69 Å². The summed E-state index contributed by atoms with van der Waals surface area (Å²) in [5.41, 5.74) is 2.29. The van der Waals surface area contributed by atoms with Gasteiger partial charge in [0.05, 0.1) is 23.3 Å². The predicted octanol–water partition coefficient (Wildman–Crippen LogP) is 1.97. The van der Waals surface area contributed by atoms with E-state index in [2.05, 4.69) is 13.6 Å². The molecule has 3 aromatic rings. The molecule has 0 amide bonds. The third-order valence-electron chi connectivity index (χ3n) is 5.57. The topological polar surface area (TPSA) is 128 Å². The highest BCUT2D eigenvalue weighted by Gasteiger charge is 2.31. The van der Waals surface area contributed by atoms with Crippen molar-refractivity contribution in [2.45, 2.75) is 18.0 Å². The van der Waals surface area contributed by atoms with E-state index in [-0.39, 0.29) is 24.0 Å². The monoisotopic (exact) mass is 477 g/mol. The van der Waals surface area contributed by atoms with Gasteiger partial charge in [-0.1, -0.05) is 6.07 Å². The molecular formula is C19H19N5O6S2. The van der Waals surface area contributed by atoms with Crippen LogP contribution in [0.3, 0.4) is 0 Å². The molecule has 0 saturated carbocycles. The molecule has 0 bridgehead atoms. The number of fused-ring (bicyclic) bond motifs is 2. The number of sulfonamides is 1. The molecule has 168 valence electrons. The second-order valence-electron chi connectivity index (χ2n) is 7.53. The van der Waals surface area contributed by atoms with Gasteiger partial charge in [-0.2, -0.15) is 13.1 Å². The number of non-ortho nitro benzene ring substituents is 1. The van der Waals surface area contributed by atoms with E-state index in [1.54, 1.807) is 18.2 Å². The van der Waals surface area contributed by atoms with Gasteiger partial charge in [-0.15, -0.1) is 0 Å². The molecule has 32 heavy (non-hydrogen) atoms. The minimum atomic E-state index is -3.71. The van der Waals surface area contributed by atoms with Crippen molar-refractivity contribution in [1.82, 2.24) is 18.0 Å². The maximum atomic E-state index is 13.2. The Bertz CT molecular complexity index is 1290. The summed E-state index contributed by atoms with van der Waals surface area (Å²) in [5.74, 6) is 0.611. The van der Waals surface area contributed by atoms with Crippen LogP contribution in [0.4, 0.5) is 5.69 Å². The highest BCUT2D eigenvalue weighted by atomic mass is 32.2. The lowest BCUT2D eigenvalue weighted by atomic mass is 10.1. The zero-order valence-electron chi connectivity index (χ0n) is 16.8. The van der Waals surface area contributed by atoms with Crippen LogP contribution >= 0.6 is 11.7 Å². The van der Waals surface area contributed by atoms with Gasteiger partial charge in [-0.05, 0) is 12.1 Å². The Morgan fingerprint density at radius 2 is 1.97 bits per heavy atom. The first-order valence-corrected chi connectivity index (χ1v) is 12.0. The molecule has 1 saturated heterocycles. The summed E-state index contributed by atoms with van der Waals surface area (Å²) >= 11 is 0.986. The fourth-order valence-electron chi connectivity index (χ4n) is 4.00. The number of nitrogens with zero attached hydrogens (tertiary/aromatic N) is 5. The Labute approximate surface area is 187 Å². The molecule has 1 fully saturated rings. The van der Waals surface area contributed by atoms with Gasteiger partial charge in [-0.25, -0.2) is 8.42 Å². The summed E-state index contributed by atoms with van der Waals surface area (Å²) in [5, 5.41) is 11.3. The largest absolute Gasteiger partial charge is 0.467 e. The van der Waals surface area contributed by atoms with Crippen molar-refractivity contribution in [1.29, 1.82) is 0 Å². The summed E-state index contributed by atoms with van der Waals surface area (Å²) in [7, 11) is -3.71. The van der Waals surface area contributed by atoms with E-state index in [0.717, 1.165) is 11.7 Å². The smallest absolute Gasteiger partial charge is 0.270 e. The number of aromatic nitrogens is 2. The van der Waals surface area contributed by atoms with Crippen LogP contribution in [0.15, 0.2) is 35.2 Å². The molecule has 2 aromatic carbocycles. The lowest BCUT2D eigenvalue weighted by Gasteiger charge is -2.34. The van der Waals surface area contributed by atoms with E-state index < -0.39 is 14.9 Å². The molecule has 13 heteroatoms. The maximum Gasteiger partial charge on any atom is 0.270 e. The van der Waals surface area contributed by atoms with Gasteiger partial charge in [0.2, 0.25) is 10.0 Å². The minimum Gasteiger partial charge on any atom is -0.467 e. The van der Waals surface area contributed by atoms with Gasteiger partial charge in [0, 0.05) is 56.0 Å². The summed E-state index contributed by atoms with van der Waals surface area (Å²) in [6.07, 6.45) is 0. The number of rotatable bonds is 5. The standard InChI is InChI=1S/C19H19N5O6S2/c25-24(26)15-8-13(19-14(9-15)11-29-12-30-19)10-22-4-6-23(7-5-22)32(27,28)17-3-1-2-16-18(17)21-31-20-16/h1-3,8-9H,4-7,10-12H2. The van der Waals surface area contributed by atoms with Crippen molar-refractivity contribution in [3.05, 3.63) is 51.6 Å². The van der Waals surface area contributed by atoms with Crippen molar-refractivity contribution in [2.24, 2.45) is 0 Å². The first-order valence-electron chi connectivity index (χ1n) is 9.88. The molecular weight excluding hydrogens is 458 g/mol. The second kappa shape index (κ2) is 8.33. The van der Waals surface area contributed by atoms with E-state index in [0.29, 0.717) is 60.6 Å². The summed E-state index contributed by atoms with van der Waals surface area (Å²) in [4.78, 5) is 13.1. The van der Waals surface area contributed by atoms with E-state index in [4.69, 9.17) is 9.47 Å². The molecule has 0 spiro atoms. The van der Waals surface area contributed by atoms with Crippen molar-refractivity contribution >= 4 is 38.5 Å². The number of benzene rings is 2. The third kappa shape index (κ3) is 3.82. The number of ether oxygens (including phenoxy) is 2. The molecule has 0 atom stereocenters. The quantitative estimate of drug-likeness (QED) is 0.400. The lowest BCUT2D eigenvalue weighted by molar-refractivity contribution is -0.385. The van der Waals surface area contributed by atoms with Crippen LogP contribution in [-0.2, 0) is 27.9 Å². The number of nitro groups is 1. The van der Waals surface area contributed by atoms with Crippen LogP contribution in [-0.4, -0.2) is 64.3 Å². The molecule has 5 rings (SSSR count). The van der Waals surface area contributed by atoms with E-state index >= 15 is 0 Å². The highest BCUT2D eigenvalue weighted by molar-refractivity contribution is 7.89. The van der Waals surface area contributed by atoms with E-state index in [9.17, 15) is 18.5 Å².